The normalized spacial score (nSPS) is 19.2. The summed E-state index contributed by atoms with van der Waals surface area (Å²) in [5.74, 6) is 0.699. The van der Waals surface area contributed by atoms with Gasteiger partial charge < -0.3 is 15.2 Å². The Balaban J connectivity index is 1.93. The maximum Gasteiger partial charge on any atom is 0.227 e. The fraction of sp³-hybridized carbons (Fsp3) is 0.533. The van der Waals surface area contributed by atoms with E-state index in [1.807, 2.05) is 31.2 Å². The van der Waals surface area contributed by atoms with Crippen LogP contribution < -0.4 is 10.1 Å². The predicted molar refractivity (Wildman–Crippen MR) is 73.2 cm³/mol. The number of fused-ring (bicyclic) bond motifs is 1. The highest BCUT2D eigenvalue weighted by molar-refractivity contribution is 5.84. The summed E-state index contributed by atoms with van der Waals surface area (Å²) >= 11 is 0. The molecule has 1 aromatic rings. The van der Waals surface area contributed by atoms with E-state index < -0.39 is 0 Å². The second kappa shape index (κ2) is 6.57. The van der Waals surface area contributed by atoms with E-state index in [0.29, 0.717) is 26.0 Å². The molecule has 2 unspecified atom stereocenters. The predicted octanol–water partition coefficient (Wildman–Crippen LogP) is 1.83. The number of hydrogen-bond donors (Lipinski definition) is 2. The maximum absolute atomic E-state index is 12.2. The molecule has 0 aliphatic carbocycles. The zero-order valence-corrected chi connectivity index (χ0v) is 11.3. The molecular weight excluding hydrogens is 242 g/mol. The van der Waals surface area contributed by atoms with Crippen molar-refractivity contribution in [3.05, 3.63) is 29.8 Å². The van der Waals surface area contributed by atoms with Crippen LogP contribution in [0.1, 0.15) is 37.7 Å². The summed E-state index contributed by atoms with van der Waals surface area (Å²) in [7, 11) is 0. The quantitative estimate of drug-likeness (QED) is 0.852. The molecule has 1 aromatic carbocycles. The topological polar surface area (TPSA) is 58.6 Å². The van der Waals surface area contributed by atoms with Crippen molar-refractivity contribution in [1.29, 1.82) is 0 Å². The Morgan fingerprint density at radius 2 is 2.32 bits per heavy atom. The number of aliphatic hydroxyl groups excluding tert-OH is 1. The molecule has 0 aromatic heterocycles. The Morgan fingerprint density at radius 1 is 1.53 bits per heavy atom. The molecule has 0 saturated heterocycles. The molecule has 1 aliphatic rings. The van der Waals surface area contributed by atoms with E-state index in [9.17, 15) is 9.90 Å². The number of ether oxygens (including phenoxy) is 1. The Hall–Kier alpha value is -1.55. The number of para-hydroxylation sites is 1. The van der Waals surface area contributed by atoms with E-state index in [1.54, 1.807) is 0 Å². The van der Waals surface area contributed by atoms with Gasteiger partial charge in [-0.25, -0.2) is 0 Å². The smallest absolute Gasteiger partial charge is 0.227 e. The van der Waals surface area contributed by atoms with Crippen LogP contribution in [0.2, 0.25) is 0 Å². The molecule has 4 nitrogen and oxygen atoms in total. The average Bonchev–Trinajstić information content (AvgIpc) is 2.46. The van der Waals surface area contributed by atoms with Crippen molar-refractivity contribution >= 4 is 5.91 Å². The molecule has 19 heavy (non-hydrogen) atoms. The minimum Gasteiger partial charge on any atom is -0.493 e. The number of aliphatic hydroxyl groups is 1. The zero-order chi connectivity index (χ0) is 13.7. The molecule has 4 heteroatoms. The summed E-state index contributed by atoms with van der Waals surface area (Å²) in [4.78, 5) is 12.2. The molecule has 0 fully saturated rings. The third-order valence-electron chi connectivity index (χ3n) is 3.52. The van der Waals surface area contributed by atoms with Crippen LogP contribution in [0.4, 0.5) is 0 Å². The number of carbonyl (C=O) groups is 1. The van der Waals surface area contributed by atoms with Crippen LogP contribution in [0, 0.1) is 0 Å². The van der Waals surface area contributed by atoms with Crippen molar-refractivity contribution < 1.29 is 14.6 Å². The van der Waals surface area contributed by atoms with Gasteiger partial charge in [-0.15, -0.1) is 0 Å². The monoisotopic (exact) mass is 263 g/mol. The number of hydrogen-bond acceptors (Lipinski definition) is 3. The van der Waals surface area contributed by atoms with Gasteiger partial charge in [0, 0.05) is 12.1 Å². The van der Waals surface area contributed by atoms with E-state index in [4.69, 9.17) is 4.74 Å². The fourth-order valence-electron chi connectivity index (χ4n) is 2.30. The Morgan fingerprint density at radius 3 is 3.11 bits per heavy atom. The van der Waals surface area contributed by atoms with Gasteiger partial charge in [-0.3, -0.25) is 4.79 Å². The van der Waals surface area contributed by atoms with E-state index >= 15 is 0 Å². The van der Waals surface area contributed by atoms with Crippen molar-refractivity contribution in [3.8, 4) is 5.75 Å². The van der Waals surface area contributed by atoms with Crippen LogP contribution in [0.25, 0.3) is 0 Å². The third-order valence-corrected chi connectivity index (χ3v) is 3.52. The van der Waals surface area contributed by atoms with E-state index in [2.05, 4.69) is 5.32 Å². The number of nitrogens with one attached hydrogen (secondary N) is 1. The highest BCUT2D eigenvalue weighted by atomic mass is 16.5. The van der Waals surface area contributed by atoms with Gasteiger partial charge in [0.05, 0.1) is 18.6 Å². The molecule has 2 atom stereocenters. The third kappa shape index (κ3) is 3.47. The lowest BCUT2D eigenvalue weighted by molar-refractivity contribution is -0.123. The van der Waals surface area contributed by atoms with Crippen LogP contribution in [-0.4, -0.2) is 30.3 Å². The van der Waals surface area contributed by atoms with Crippen LogP contribution in [0.5, 0.6) is 5.75 Å². The highest BCUT2D eigenvalue weighted by Crippen LogP contribution is 2.33. The summed E-state index contributed by atoms with van der Waals surface area (Å²) in [6.07, 6.45) is 1.70. The number of carbonyl (C=O) groups excluding carboxylic acids is 1. The molecule has 2 N–H and O–H groups in total. The SMILES string of the molecule is CCC(O)CCNC(=O)C1CCOc2ccccc21. The molecule has 1 amide bonds. The molecule has 1 aliphatic heterocycles. The molecule has 0 saturated carbocycles. The molecule has 0 spiro atoms. The van der Waals surface area contributed by atoms with Crippen molar-refractivity contribution in [1.82, 2.24) is 5.32 Å². The molecule has 104 valence electrons. The maximum atomic E-state index is 12.2. The van der Waals surface area contributed by atoms with Gasteiger partial charge >= 0.3 is 0 Å². The lowest BCUT2D eigenvalue weighted by atomic mass is 9.92. The lowest BCUT2D eigenvalue weighted by Gasteiger charge is -2.25. The molecule has 1 heterocycles. The second-order valence-electron chi connectivity index (χ2n) is 4.87. The first-order valence-electron chi connectivity index (χ1n) is 6.90. The first-order valence-corrected chi connectivity index (χ1v) is 6.90. The Labute approximate surface area is 113 Å². The van der Waals surface area contributed by atoms with Gasteiger partial charge in [-0.05, 0) is 25.3 Å². The standard InChI is InChI=1S/C15H21NO3/c1-2-11(17)7-9-16-15(18)13-8-10-19-14-6-4-3-5-12(13)14/h3-6,11,13,17H,2,7-10H2,1H3,(H,16,18). The summed E-state index contributed by atoms with van der Waals surface area (Å²) in [5, 5.41) is 12.4. The minimum absolute atomic E-state index is 0.0269. The molecular formula is C15H21NO3. The van der Waals surface area contributed by atoms with Gasteiger partial charge in [-0.1, -0.05) is 25.1 Å². The van der Waals surface area contributed by atoms with Gasteiger partial charge in [-0.2, -0.15) is 0 Å². The van der Waals surface area contributed by atoms with Gasteiger partial charge in [0.2, 0.25) is 5.91 Å². The molecule has 0 bridgehead atoms. The van der Waals surface area contributed by atoms with Crippen molar-refractivity contribution in [2.45, 2.75) is 38.2 Å². The van der Waals surface area contributed by atoms with Crippen molar-refractivity contribution in [3.63, 3.8) is 0 Å². The largest absolute Gasteiger partial charge is 0.493 e. The van der Waals surface area contributed by atoms with Crippen LogP contribution in [0.15, 0.2) is 24.3 Å². The van der Waals surface area contributed by atoms with Gasteiger partial charge in [0.1, 0.15) is 5.75 Å². The second-order valence-corrected chi connectivity index (χ2v) is 4.87. The van der Waals surface area contributed by atoms with E-state index in [0.717, 1.165) is 17.7 Å². The first kappa shape index (κ1) is 13.9. The van der Waals surface area contributed by atoms with Gasteiger partial charge in [0.25, 0.3) is 0 Å². The summed E-state index contributed by atoms with van der Waals surface area (Å²) < 4.78 is 5.54. The number of rotatable bonds is 5. The van der Waals surface area contributed by atoms with Crippen molar-refractivity contribution in [2.75, 3.05) is 13.2 Å². The zero-order valence-electron chi connectivity index (χ0n) is 11.3. The minimum atomic E-state index is -0.331. The number of benzene rings is 1. The Bertz CT molecular complexity index is 433. The fourth-order valence-corrected chi connectivity index (χ4v) is 2.30. The van der Waals surface area contributed by atoms with Crippen LogP contribution in [-0.2, 0) is 4.79 Å². The lowest BCUT2D eigenvalue weighted by Crippen LogP contribution is -2.34. The van der Waals surface area contributed by atoms with Crippen LogP contribution >= 0.6 is 0 Å². The molecule has 0 radical (unpaired) electrons. The summed E-state index contributed by atoms with van der Waals surface area (Å²) in [6.45, 7) is 3.03. The Kier molecular flexibility index (Phi) is 4.80. The first-order chi connectivity index (χ1) is 9.22. The number of amides is 1. The van der Waals surface area contributed by atoms with Gasteiger partial charge in [0.15, 0.2) is 0 Å². The van der Waals surface area contributed by atoms with E-state index in [-0.39, 0.29) is 17.9 Å². The molecule has 2 rings (SSSR count). The van der Waals surface area contributed by atoms with Crippen molar-refractivity contribution in [2.24, 2.45) is 0 Å². The van der Waals surface area contributed by atoms with E-state index in [1.165, 1.54) is 0 Å². The highest BCUT2D eigenvalue weighted by Gasteiger charge is 2.26. The summed E-state index contributed by atoms with van der Waals surface area (Å²) in [6, 6.07) is 7.68. The van der Waals surface area contributed by atoms with Crippen LogP contribution in [0.3, 0.4) is 0 Å². The summed E-state index contributed by atoms with van der Waals surface area (Å²) in [5.41, 5.74) is 0.960. The average molecular weight is 263 g/mol.